The Labute approximate surface area is 201 Å². The van der Waals surface area contributed by atoms with E-state index in [2.05, 4.69) is 27.5 Å². The smallest absolute Gasteiger partial charge is 0.257 e. The average molecular weight is 485 g/mol. The van der Waals surface area contributed by atoms with E-state index < -0.39 is 0 Å². The Hall–Kier alpha value is -2.88. The summed E-state index contributed by atoms with van der Waals surface area (Å²) in [4.78, 5) is 29.1. The van der Waals surface area contributed by atoms with Gasteiger partial charge in [-0.15, -0.1) is 10.2 Å². The monoisotopic (exact) mass is 484 g/mol. The maximum Gasteiger partial charge on any atom is 0.257 e. The molecule has 0 spiro atoms. The molecule has 2 heterocycles. The topological polar surface area (TPSA) is 83.4 Å². The number of halogens is 1. The summed E-state index contributed by atoms with van der Waals surface area (Å²) in [6.07, 6.45) is 0. The third kappa shape index (κ3) is 5.55. The summed E-state index contributed by atoms with van der Waals surface area (Å²) in [6.45, 7) is 3.33. The lowest BCUT2D eigenvalue weighted by Crippen LogP contribution is -2.47. The van der Waals surface area contributed by atoms with Crippen molar-refractivity contribution in [3.63, 3.8) is 0 Å². The van der Waals surface area contributed by atoms with Crippen molar-refractivity contribution in [1.29, 1.82) is 0 Å². The van der Waals surface area contributed by atoms with E-state index in [0.717, 1.165) is 31.7 Å². The molecule has 0 saturated carbocycles. The van der Waals surface area contributed by atoms with Gasteiger partial charge in [-0.1, -0.05) is 35.5 Å². The van der Waals surface area contributed by atoms with Crippen molar-refractivity contribution in [3.8, 4) is 11.4 Å². The molecule has 0 aliphatic carbocycles. The standard InChI is InChI=1S/C23H25ClN6O2S/c1-28-11-13-30(14-12-28)20(31)15-33-23-27-26-21(29(23)2)16-7-9-17(10-8-16)25-22(32)18-5-3-4-6-19(18)24/h3-10H,11-15H2,1-2H3,(H,25,32). The number of benzene rings is 2. The molecular weight excluding hydrogens is 460 g/mol. The number of thioether (sulfide) groups is 1. The van der Waals surface area contributed by atoms with E-state index in [0.29, 0.717) is 33.0 Å². The van der Waals surface area contributed by atoms with Crippen LogP contribution >= 0.6 is 23.4 Å². The first kappa shape index (κ1) is 23.3. The molecule has 3 aromatic rings. The minimum Gasteiger partial charge on any atom is -0.339 e. The molecule has 1 aromatic heterocycles. The number of likely N-dealkylation sites (N-methyl/N-ethyl adjacent to an activating group) is 1. The molecule has 0 radical (unpaired) electrons. The maximum atomic E-state index is 12.5. The Bertz CT molecular complexity index is 1140. The Morgan fingerprint density at radius 1 is 1.00 bits per heavy atom. The van der Waals surface area contributed by atoms with E-state index in [1.165, 1.54) is 11.8 Å². The molecule has 4 rings (SSSR count). The van der Waals surface area contributed by atoms with E-state index in [1.54, 1.807) is 24.3 Å². The van der Waals surface area contributed by atoms with E-state index in [-0.39, 0.29) is 11.8 Å². The lowest BCUT2D eigenvalue weighted by Gasteiger charge is -2.32. The number of nitrogens with zero attached hydrogens (tertiary/aromatic N) is 5. The lowest BCUT2D eigenvalue weighted by atomic mass is 10.1. The van der Waals surface area contributed by atoms with Gasteiger partial charge in [0.2, 0.25) is 5.91 Å². The van der Waals surface area contributed by atoms with Crippen LogP contribution in [-0.4, -0.2) is 75.4 Å². The zero-order valence-electron chi connectivity index (χ0n) is 18.5. The van der Waals surface area contributed by atoms with Gasteiger partial charge < -0.3 is 19.7 Å². The van der Waals surface area contributed by atoms with Crippen LogP contribution in [0.4, 0.5) is 5.69 Å². The Morgan fingerprint density at radius 3 is 2.39 bits per heavy atom. The number of aromatic nitrogens is 3. The molecule has 1 saturated heterocycles. The summed E-state index contributed by atoms with van der Waals surface area (Å²) in [5.74, 6) is 0.878. The zero-order valence-corrected chi connectivity index (χ0v) is 20.1. The third-order valence-corrected chi connectivity index (χ3v) is 6.87. The fraction of sp³-hybridized carbons (Fsp3) is 0.304. The van der Waals surface area contributed by atoms with Crippen LogP contribution < -0.4 is 5.32 Å². The molecule has 0 atom stereocenters. The van der Waals surface area contributed by atoms with Gasteiger partial charge in [-0.05, 0) is 43.4 Å². The first-order valence-corrected chi connectivity index (χ1v) is 11.9. The summed E-state index contributed by atoms with van der Waals surface area (Å²) in [5.41, 5.74) is 1.93. The summed E-state index contributed by atoms with van der Waals surface area (Å²) in [6, 6.07) is 14.3. The van der Waals surface area contributed by atoms with Crippen molar-refractivity contribution < 1.29 is 9.59 Å². The molecule has 1 aliphatic heterocycles. The van der Waals surface area contributed by atoms with E-state index in [4.69, 9.17) is 11.6 Å². The second kappa shape index (κ2) is 10.4. The highest BCUT2D eigenvalue weighted by atomic mass is 35.5. The number of rotatable bonds is 6. The summed E-state index contributed by atoms with van der Waals surface area (Å²) in [5, 5.41) is 12.5. The normalized spacial score (nSPS) is 14.3. The minimum atomic E-state index is -0.268. The van der Waals surface area contributed by atoms with Crippen molar-refractivity contribution in [2.24, 2.45) is 7.05 Å². The summed E-state index contributed by atoms with van der Waals surface area (Å²) in [7, 11) is 3.95. The molecule has 8 nitrogen and oxygen atoms in total. The van der Waals surface area contributed by atoms with Crippen molar-refractivity contribution in [2.45, 2.75) is 5.16 Å². The zero-order chi connectivity index (χ0) is 23.4. The largest absolute Gasteiger partial charge is 0.339 e. The van der Waals surface area contributed by atoms with Gasteiger partial charge in [-0.2, -0.15) is 0 Å². The van der Waals surface area contributed by atoms with Gasteiger partial charge >= 0.3 is 0 Å². The Morgan fingerprint density at radius 2 is 1.70 bits per heavy atom. The predicted molar refractivity (Wildman–Crippen MR) is 131 cm³/mol. The molecule has 1 fully saturated rings. The van der Waals surface area contributed by atoms with Crippen molar-refractivity contribution in [2.75, 3.05) is 44.3 Å². The SMILES string of the molecule is CN1CCN(C(=O)CSc2nnc(-c3ccc(NC(=O)c4ccccc4Cl)cc3)n2C)CC1. The summed E-state index contributed by atoms with van der Waals surface area (Å²) >= 11 is 7.49. The lowest BCUT2D eigenvalue weighted by molar-refractivity contribution is -0.129. The van der Waals surface area contributed by atoms with E-state index >= 15 is 0 Å². The molecule has 33 heavy (non-hydrogen) atoms. The predicted octanol–water partition coefficient (Wildman–Crippen LogP) is 3.25. The second-order valence-electron chi connectivity index (χ2n) is 7.85. The number of hydrogen-bond acceptors (Lipinski definition) is 6. The van der Waals surface area contributed by atoms with Crippen LogP contribution in [0.3, 0.4) is 0 Å². The highest BCUT2D eigenvalue weighted by Crippen LogP contribution is 2.25. The molecule has 0 unspecified atom stereocenters. The fourth-order valence-electron chi connectivity index (χ4n) is 3.51. The van der Waals surface area contributed by atoms with Gasteiger partial charge in [0.05, 0.1) is 16.3 Å². The number of carbonyl (C=O) groups is 2. The molecule has 1 aliphatic rings. The minimum absolute atomic E-state index is 0.122. The number of carbonyl (C=O) groups excluding carboxylic acids is 2. The van der Waals surface area contributed by atoms with Crippen LogP contribution in [0.15, 0.2) is 53.7 Å². The molecule has 2 amide bonds. The number of piperazine rings is 1. The van der Waals surface area contributed by atoms with Crippen LogP contribution in [0.2, 0.25) is 5.02 Å². The maximum absolute atomic E-state index is 12.5. The van der Waals surface area contributed by atoms with Crippen molar-refractivity contribution in [3.05, 3.63) is 59.1 Å². The number of nitrogens with one attached hydrogen (secondary N) is 1. The first-order chi connectivity index (χ1) is 15.9. The van der Waals surface area contributed by atoms with Gasteiger partial charge in [0.1, 0.15) is 0 Å². The number of anilines is 1. The van der Waals surface area contributed by atoms with E-state index in [9.17, 15) is 9.59 Å². The molecule has 172 valence electrons. The number of hydrogen-bond donors (Lipinski definition) is 1. The van der Waals surface area contributed by atoms with Gasteiger partial charge in [0.25, 0.3) is 5.91 Å². The molecule has 10 heteroatoms. The Balaban J connectivity index is 1.37. The highest BCUT2D eigenvalue weighted by molar-refractivity contribution is 7.99. The van der Waals surface area contributed by atoms with Gasteiger partial charge in [0, 0.05) is 44.5 Å². The molecular formula is C23H25ClN6O2S. The summed E-state index contributed by atoms with van der Waals surface area (Å²) < 4.78 is 1.87. The molecule has 0 bridgehead atoms. The third-order valence-electron chi connectivity index (χ3n) is 5.54. The second-order valence-corrected chi connectivity index (χ2v) is 9.20. The van der Waals surface area contributed by atoms with Gasteiger partial charge in [-0.3, -0.25) is 9.59 Å². The fourth-order valence-corrected chi connectivity index (χ4v) is 4.55. The van der Waals surface area contributed by atoms with Gasteiger partial charge in [-0.25, -0.2) is 0 Å². The number of amides is 2. The van der Waals surface area contributed by atoms with Gasteiger partial charge in [0.15, 0.2) is 11.0 Å². The van der Waals surface area contributed by atoms with Crippen LogP contribution in [0.5, 0.6) is 0 Å². The Kier molecular flexibility index (Phi) is 7.32. The first-order valence-electron chi connectivity index (χ1n) is 10.6. The molecule has 2 aromatic carbocycles. The highest BCUT2D eigenvalue weighted by Gasteiger charge is 2.20. The average Bonchev–Trinajstić information content (AvgIpc) is 3.19. The van der Waals surface area contributed by atoms with Crippen molar-refractivity contribution in [1.82, 2.24) is 24.6 Å². The van der Waals surface area contributed by atoms with E-state index in [1.807, 2.05) is 40.8 Å². The quantitative estimate of drug-likeness (QED) is 0.541. The van der Waals surface area contributed by atoms with Crippen LogP contribution in [0, 0.1) is 0 Å². The van der Waals surface area contributed by atoms with Crippen LogP contribution in [-0.2, 0) is 11.8 Å². The van der Waals surface area contributed by atoms with Crippen LogP contribution in [0.1, 0.15) is 10.4 Å². The van der Waals surface area contributed by atoms with Crippen molar-refractivity contribution >= 4 is 40.9 Å². The van der Waals surface area contributed by atoms with Crippen LogP contribution in [0.25, 0.3) is 11.4 Å². The molecule has 1 N–H and O–H groups in total.